The summed E-state index contributed by atoms with van der Waals surface area (Å²) >= 11 is 0. The van der Waals surface area contributed by atoms with Crippen molar-refractivity contribution in [1.29, 1.82) is 5.26 Å². The number of hydrogen-bond acceptors (Lipinski definition) is 3. The molecule has 2 aliphatic rings. The molecule has 2 aromatic carbocycles. The Morgan fingerprint density at radius 1 is 1.09 bits per heavy atom. The van der Waals surface area contributed by atoms with E-state index in [2.05, 4.69) is 4.98 Å². The number of alkyl halides is 3. The predicted molar refractivity (Wildman–Crippen MR) is 114 cm³/mol. The van der Waals surface area contributed by atoms with Gasteiger partial charge in [-0.3, -0.25) is 4.98 Å². The van der Waals surface area contributed by atoms with Crippen LogP contribution in [0, 0.1) is 24.1 Å². The van der Waals surface area contributed by atoms with Crippen molar-refractivity contribution in [2.45, 2.75) is 50.3 Å². The Labute approximate surface area is 188 Å². The van der Waals surface area contributed by atoms with Gasteiger partial charge in [0.25, 0.3) is 5.92 Å². The smallest absolute Gasteiger partial charge is 0.281 e. The third-order valence-electron chi connectivity index (χ3n) is 6.86. The number of aryl methyl sites for hydroxylation is 1. The lowest BCUT2D eigenvalue weighted by molar-refractivity contribution is -0.0966. The molecular weight excluding hydrogens is 432 g/mol. The first kappa shape index (κ1) is 21.6. The summed E-state index contributed by atoms with van der Waals surface area (Å²) in [6.07, 6.45) is -0.518. The van der Waals surface area contributed by atoms with Crippen LogP contribution in [0.5, 0.6) is 0 Å². The van der Waals surface area contributed by atoms with Crippen LogP contribution in [0.15, 0.2) is 42.7 Å². The van der Waals surface area contributed by atoms with Crippen LogP contribution in [-0.4, -0.2) is 16.0 Å². The first-order chi connectivity index (χ1) is 15.7. The van der Waals surface area contributed by atoms with E-state index in [0.717, 1.165) is 17.7 Å². The minimum absolute atomic E-state index is 0.00506. The quantitative estimate of drug-likeness (QED) is 0.469. The maximum Gasteiger partial charge on any atom is 0.281 e. The molecule has 1 N–H and O–H groups in total. The van der Waals surface area contributed by atoms with Gasteiger partial charge in [0, 0.05) is 24.7 Å². The van der Waals surface area contributed by atoms with Crippen molar-refractivity contribution in [3.63, 3.8) is 0 Å². The Morgan fingerprint density at radius 3 is 2.61 bits per heavy atom. The molecule has 3 aromatic rings. The summed E-state index contributed by atoms with van der Waals surface area (Å²) in [5.74, 6) is -4.62. The van der Waals surface area contributed by atoms with Crippen LogP contribution in [0.4, 0.5) is 17.6 Å². The van der Waals surface area contributed by atoms with E-state index in [4.69, 9.17) is 0 Å². The second-order valence-electron chi connectivity index (χ2n) is 8.79. The molecule has 0 unspecified atom stereocenters. The van der Waals surface area contributed by atoms with E-state index < -0.39 is 36.4 Å². The van der Waals surface area contributed by atoms with Gasteiger partial charge in [0.15, 0.2) is 0 Å². The Morgan fingerprint density at radius 2 is 1.88 bits per heavy atom. The number of pyridine rings is 1. The summed E-state index contributed by atoms with van der Waals surface area (Å²) in [6, 6.07) is 9.22. The van der Waals surface area contributed by atoms with Crippen LogP contribution in [-0.2, 0) is 6.42 Å². The highest BCUT2D eigenvalue weighted by Gasteiger charge is 2.50. The van der Waals surface area contributed by atoms with Crippen molar-refractivity contribution in [1.82, 2.24) is 4.98 Å². The van der Waals surface area contributed by atoms with E-state index in [1.165, 1.54) is 0 Å². The largest absolute Gasteiger partial charge is 0.382 e. The number of aromatic nitrogens is 1. The minimum atomic E-state index is -3.37. The predicted octanol–water partition coefficient (Wildman–Crippen LogP) is 6.23. The molecular formula is C26H20F4N2O. The van der Waals surface area contributed by atoms with Crippen LogP contribution in [0.3, 0.4) is 0 Å². The lowest BCUT2D eigenvalue weighted by Gasteiger charge is -2.31. The van der Waals surface area contributed by atoms with Crippen molar-refractivity contribution in [2.24, 2.45) is 0 Å². The third kappa shape index (κ3) is 3.32. The molecule has 0 amide bonds. The Kier molecular flexibility index (Phi) is 5.02. The van der Waals surface area contributed by atoms with Crippen molar-refractivity contribution in [2.75, 3.05) is 0 Å². The van der Waals surface area contributed by atoms with E-state index in [-0.39, 0.29) is 29.5 Å². The number of nitrogens with zero attached hydrogens (tertiary/aromatic N) is 2. The Bertz CT molecular complexity index is 1310. The first-order valence-electron chi connectivity index (χ1n) is 10.7. The van der Waals surface area contributed by atoms with Gasteiger partial charge in [-0.15, -0.1) is 0 Å². The molecule has 3 nitrogen and oxygen atoms in total. The second-order valence-corrected chi connectivity index (χ2v) is 8.79. The van der Waals surface area contributed by atoms with Gasteiger partial charge in [-0.25, -0.2) is 17.6 Å². The van der Waals surface area contributed by atoms with Crippen LogP contribution in [0.1, 0.15) is 70.0 Å². The molecule has 2 aliphatic carbocycles. The maximum absolute atomic E-state index is 14.8. The van der Waals surface area contributed by atoms with Crippen LogP contribution >= 0.6 is 0 Å². The molecule has 0 saturated carbocycles. The molecule has 0 spiro atoms. The number of benzene rings is 2. The Hall–Kier alpha value is -3.24. The van der Waals surface area contributed by atoms with Gasteiger partial charge >= 0.3 is 0 Å². The van der Waals surface area contributed by atoms with E-state index in [1.54, 1.807) is 30.6 Å². The van der Waals surface area contributed by atoms with Gasteiger partial charge in [-0.1, -0.05) is 12.1 Å². The minimum Gasteiger partial charge on any atom is -0.382 e. The highest BCUT2D eigenvalue weighted by atomic mass is 19.3. The molecule has 0 radical (unpaired) electrons. The molecule has 1 heterocycles. The summed E-state index contributed by atoms with van der Waals surface area (Å²) in [7, 11) is 0. The fourth-order valence-corrected chi connectivity index (χ4v) is 5.38. The molecule has 7 heteroatoms. The van der Waals surface area contributed by atoms with Crippen molar-refractivity contribution in [3.8, 4) is 17.2 Å². The summed E-state index contributed by atoms with van der Waals surface area (Å²) < 4.78 is 58.4. The Balaban J connectivity index is 1.76. The van der Waals surface area contributed by atoms with Crippen LogP contribution in [0.2, 0.25) is 0 Å². The van der Waals surface area contributed by atoms with Gasteiger partial charge in [-0.2, -0.15) is 5.26 Å². The van der Waals surface area contributed by atoms with Gasteiger partial charge < -0.3 is 5.11 Å². The molecule has 168 valence electrons. The molecule has 0 fully saturated rings. The highest BCUT2D eigenvalue weighted by Crippen LogP contribution is 2.53. The molecule has 3 atom stereocenters. The fraction of sp³-hybridized carbons (Fsp3) is 0.308. The zero-order chi connectivity index (χ0) is 23.5. The zero-order valence-corrected chi connectivity index (χ0v) is 17.7. The summed E-state index contributed by atoms with van der Waals surface area (Å²) in [5, 5.41) is 20.2. The van der Waals surface area contributed by atoms with Crippen molar-refractivity contribution in [3.05, 3.63) is 87.5 Å². The molecule has 5 rings (SSSR count). The summed E-state index contributed by atoms with van der Waals surface area (Å²) in [4.78, 5) is 4.05. The molecule has 0 aliphatic heterocycles. The summed E-state index contributed by atoms with van der Waals surface area (Å²) in [6.45, 7) is 1.81. The zero-order valence-electron chi connectivity index (χ0n) is 17.7. The maximum atomic E-state index is 14.8. The SMILES string of the molecule is Cc1cnccc1-c1ccc([C@H]2CC[C@H](F)c3cc(F)cc(C#N)c32)c2c1[C@H](O)C(F)(F)C2. The lowest BCUT2D eigenvalue weighted by Crippen LogP contribution is -2.22. The monoisotopic (exact) mass is 452 g/mol. The van der Waals surface area contributed by atoms with Crippen molar-refractivity contribution >= 4 is 0 Å². The third-order valence-corrected chi connectivity index (χ3v) is 6.86. The number of nitriles is 1. The first-order valence-corrected chi connectivity index (χ1v) is 10.7. The van der Waals surface area contributed by atoms with Gasteiger partial charge in [0.05, 0.1) is 11.6 Å². The van der Waals surface area contributed by atoms with Crippen LogP contribution in [0.25, 0.3) is 11.1 Å². The normalized spacial score (nSPS) is 23.0. The number of fused-ring (bicyclic) bond motifs is 2. The van der Waals surface area contributed by atoms with Gasteiger partial charge in [0.1, 0.15) is 18.1 Å². The number of aliphatic hydroxyl groups is 1. The van der Waals surface area contributed by atoms with E-state index in [9.17, 15) is 27.9 Å². The number of aliphatic hydroxyl groups excluding tert-OH is 1. The number of rotatable bonds is 2. The van der Waals surface area contributed by atoms with Gasteiger partial charge in [-0.05, 0) is 82.5 Å². The average Bonchev–Trinajstić information content (AvgIpc) is 3.03. The highest BCUT2D eigenvalue weighted by molar-refractivity contribution is 5.74. The van der Waals surface area contributed by atoms with Crippen LogP contribution < -0.4 is 0 Å². The van der Waals surface area contributed by atoms with E-state index in [1.807, 2.05) is 13.0 Å². The number of hydrogen-bond donors (Lipinski definition) is 1. The topological polar surface area (TPSA) is 56.9 Å². The fourth-order valence-electron chi connectivity index (χ4n) is 5.38. The lowest BCUT2D eigenvalue weighted by atomic mass is 9.74. The molecule has 0 bridgehead atoms. The average molecular weight is 452 g/mol. The van der Waals surface area contributed by atoms with E-state index in [0.29, 0.717) is 27.8 Å². The van der Waals surface area contributed by atoms with Crippen molar-refractivity contribution < 1.29 is 22.7 Å². The molecule has 33 heavy (non-hydrogen) atoms. The number of halogens is 4. The standard InChI is InChI=1S/C26H20F4N2O/c1-13-12-32-7-6-16(13)18-3-2-17(21-10-26(29,30)25(33)24(18)21)19-4-5-22(28)20-9-15(27)8-14(11-31)23(19)20/h2-3,6-9,12,19,22,25,33H,4-5,10H2,1H3/t19-,22+,25+/m1/s1. The summed E-state index contributed by atoms with van der Waals surface area (Å²) in [5.41, 5.74) is 3.39. The second kappa shape index (κ2) is 7.67. The van der Waals surface area contributed by atoms with E-state index >= 15 is 0 Å². The van der Waals surface area contributed by atoms with Gasteiger partial charge in [0.2, 0.25) is 0 Å². The molecule has 0 saturated heterocycles. The molecule has 1 aromatic heterocycles.